The van der Waals surface area contributed by atoms with Crippen LogP contribution in [0.15, 0.2) is 78.9 Å². The summed E-state index contributed by atoms with van der Waals surface area (Å²) in [7, 11) is 0. The highest BCUT2D eigenvalue weighted by atomic mass is 16.7. The molecule has 2 amide bonds. The van der Waals surface area contributed by atoms with Gasteiger partial charge in [0.1, 0.15) is 11.7 Å². The molecule has 3 atom stereocenters. The molecule has 0 unspecified atom stereocenters. The number of hydroxylamine groups is 1. The van der Waals surface area contributed by atoms with Gasteiger partial charge in [0.2, 0.25) is 5.91 Å². The van der Waals surface area contributed by atoms with Crippen molar-refractivity contribution in [2.24, 2.45) is 5.92 Å². The lowest BCUT2D eigenvalue weighted by Gasteiger charge is -2.28. The zero-order chi connectivity index (χ0) is 21.5. The predicted molar refractivity (Wildman–Crippen MR) is 116 cm³/mol. The number of phenols is 1. The summed E-state index contributed by atoms with van der Waals surface area (Å²) in [5, 5.41) is 11.4. The summed E-state index contributed by atoms with van der Waals surface area (Å²) in [5.74, 6) is -1.20. The first kappa shape index (κ1) is 19.3. The van der Waals surface area contributed by atoms with E-state index in [9.17, 15) is 14.7 Å². The molecule has 2 aliphatic heterocycles. The van der Waals surface area contributed by atoms with E-state index in [1.165, 1.54) is 4.90 Å². The molecule has 5 rings (SSSR count). The van der Waals surface area contributed by atoms with Crippen molar-refractivity contribution in [3.8, 4) is 5.75 Å². The van der Waals surface area contributed by atoms with E-state index in [-0.39, 0.29) is 17.6 Å². The fourth-order valence-corrected chi connectivity index (χ4v) is 4.36. The Morgan fingerprint density at radius 3 is 2.16 bits per heavy atom. The minimum atomic E-state index is -0.905. The number of amides is 2. The second-order valence-electron chi connectivity index (χ2n) is 7.78. The van der Waals surface area contributed by atoms with Gasteiger partial charge in [0.15, 0.2) is 6.10 Å². The van der Waals surface area contributed by atoms with Crippen LogP contribution in [0.25, 0.3) is 0 Å². The molecular formula is C25H22N2O4. The first-order valence-corrected chi connectivity index (χ1v) is 10.3. The van der Waals surface area contributed by atoms with Crippen molar-refractivity contribution in [2.45, 2.75) is 25.5 Å². The molecule has 3 aromatic rings. The molecule has 2 aliphatic rings. The highest BCUT2D eigenvalue weighted by Crippen LogP contribution is 2.47. The summed E-state index contributed by atoms with van der Waals surface area (Å²) in [5.41, 5.74) is 3.24. The Labute approximate surface area is 180 Å². The molecule has 0 aliphatic carbocycles. The predicted octanol–water partition coefficient (Wildman–Crippen LogP) is 4.01. The number of anilines is 2. The molecule has 1 N–H and O–H groups in total. The molecule has 0 radical (unpaired) electrons. The van der Waals surface area contributed by atoms with E-state index in [1.807, 2.05) is 42.5 Å². The third kappa shape index (κ3) is 3.16. The zero-order valence-electron chi connectivity index (χ0n) is 17.0. The monoisotopic (exact) mass is 414 g/mol. The van der Waals surface area contributed by atoms with Gasteiger partial charge in [0.25, 0.3) is 5.91 Å². The van der Waals surface area contributed by atoms with Crippen LogP contribution in [0.5, 0.6) is 5.75 Å². The number of nitrogens with zero attached hydrogens (tertiary/aromatic N) is 2. The third-order valence-electron chi connectivity index (χ3n) is 5.96. The summed E-state index contributed by atoms with van der Waals surface area (Å²) in [6.45, 7) is 2.06. The normalized spacial score (nSPS) is 22.8. The fraction of sp³-hybridized carbons (Fsp3) is 0.200. The maximum Gasteiger partial charge on any atom is 0.266 e. The highest BCUT2D eigenvalue weighted by Gasteiger charge is 2.60. The average molecular weight is 414 g/mol. The van der Waals surface area contributed by atoms with Crippen molar-refractivity contribution in [1.29, 1.82) is 0 Å². The van der Waals surface area contributed by atoms with E-state index >= 15 is 0 Å². The van der Waals surface area contributed by atoms with Crippen LogP contribution in [0.1, 0.15) is 24.1 Å². The molecule has 2 heterocycles. The minimum Gasteiger partial charge on any atom is -0.508 e. The molecule has 156 valence electrons. The number of hydrogen-bond donors (Lipinski definition) is 1. The minimum absolute atomic E-state index is 0.136. The smallest absolute Gasteiger partial charge is 0.266 e. The number of imide groups is 1. The first-order chi connectivity index (χ1) is 15.1. The van der Waals surface area contributed by atoms with Crippen molar-refractivity contribution in [3.63, 3.8) is 0 Å². The van der Waals surface area contributed by atoms with Crippen LogP contribution in [0.3, 0.4) is 0 Å². The molecular weight excluding hydrogens is 392 g/mol. The van der Waals surface area contributed by atoms with E-state index < -0.39 is 18.1 Å². The SMILES string of the molecule is CCc1ccc(N2C(=O)[C@@H]3[C@@H](c4ccc(O)cc4)N(c4ccccc4)O[C@H]3C2=O)cc1. The van der Waals surface area contributed by atoms with E-state index in [4.69, 9.17) is 4.84 Å². The summed E-state index contributed by atoms with van der Waals surface area (Å²) in [6, 6.07) is 23.1. The topological polar surface area (TPSA) is 70.1 Å². The van der Waals surface area contributed by atoms with Crippen LogP contribution in [0.2, 0.25) is 0 Å². The van der Waals surface area contributed by atoms with Crippen molar-refractivity contribution in [1.82, 2.24) is 0 Å². The number of carbonyl (C=O) groups is 2. The molecule has 31 heavy (non-hydrogen) atoms. The van der Waals surface area contributed by atoms with E-state index in [0.29, 0.717) is 5.69 Å². The lowest BCUT2D eigenvalue weighted by atomic mass is 9.90. The molecule has 6 nitrogen and oxygen atoms in total. The average Bonchev–Trinajstić information content (AvgIpc) is 3.31. The molecule has 0 saturated carbocycles. The Balaban J connectivity index is 1.56. The molecule has 0 bridgehead atoms. The maximum atomic E-state index is 13.5. The van der Waals surface area contributed by atoms with Crippen LogP contribution in [0, 0.1) is 5.92 Å². The van der Waals surface area contributed by atoms with Crippen molar-refractivity contribution in [3.05, 3.63) is 90.0 Å². The van der Waals surface area contributed by atoms with E-state index in [1.54, 1.807) is 41.5 Å². The van der Waals surface area contributed by atoms with Gasteiger partial charge in [-0.15, -0.1) is 0 Å². The first-order valence-electron chi connectivity index (χ1n) is 10.3. The molecule has 2 fully saturated rings. The molecule has 2 saturated heterocycles. The van der Waals surface area contributed by atoms with Gasteiger partial charge in [0.05, 0.1) is 17.4 Å². The van der Waals surface area contributed by atoms with Gasteiger partial charge in [-0.3, -0.25) is 14.4 Å². The van der Waals surface area contributed by atoms with Crippen molar-refractivity contribution in [2.75, 3.05) is 9.96 Å². The Hall–Kier alpha value is -3.64. The number of phenolic OH excluding ortho intramolecular Hbond substituents is 1. The summed E-state index contributed by atoms with van der Waals surface area (Å²) < 4.78 is 0. The van der Waals surface area contributed by atoms with Crippen molar-refractivity contribution >= 4 is 23.2 Å². The quantitative estimate of drug-likeness (QED) is 0.654. The zero-order valence-corrected chi connectivity index (χ0v) is 17.0. The number of benzene rings is 3. The Morgan fingerprint density at radius 2 is 1.52 bits per heavy atom. The van der Waals surface area contributed by atoms with Gasteiger partial charge in [-0.2, -0.15) is 0 Å². The van der Waals surface area contributed by atoms with Crippen LogP contribution in [0.4, 0.5) is 11.4 Å². The van der Waals surface area contributed by atoms with Gasteiger partial charge in [0, 0.05) is 0 Å². The van der Waals surface area contributed by atoms with Gasteiger partial charge in [-0.25, -0.2) is 9.96 Å². The molecule has 3 aromatic carbocycles. The molecule has 0 aromatic heterocycles. The Morgan fingerprint density at radius 1 is 0.839 bits per heavy atom. The number of rotatable bonds is 4. The standard InChI is InChI=1S/C25H22N2O4/c1-2-16-8-12-18(13-9-16)26-24(29)21-22(17-10-14-20(28)15-11-17)27(31-23(21)25(26)30)19-6-4-3-5-7-19/h3-15,21-23,28H,2H2,1H3/t21-,22-,23-/m1/s1. The second-order valence-corrected chi connectivity index (χ2v) is 7.78. The van der Waals surface area contributed by atoms with Crippen LogP contribution >= 0.6 is 0 Å². The second kappa shape index (κ2) is 7.56. The van der Waals surface area contributed by atoms with Crippen LogP contribution in [-0.4, -0.2) is 23.0 Å². The van der Waals surface area contributed by atoms with Crippen molar-refractivity contribution < 1.29 is 19.5 Å². The fourth-order valence-electron chi connectivity index (χ4n) is 4.36. The van der Waals surface area contributed by atoms with E-state index in [0.717, 1.165) is 23.2 Å². The number of carbonyl (C=O) groups excluding carboxylic acids is 2. The maximum absolute atomic E-state index is 13.5. The lowest BCUT2D eigenvalue weighted by Crippen LogP contribution is -2.37. The van der Waals surface area contributed by atoms with Gasteiger partial charge < -0.3 is 5.11 Å². The largest absolute Gasteiger partial charge is 0.508 e. The van der Waals surface area contributed by atoms with Gasteiger partial charge in [-0.1, -0.05) is 49.4 Å². The number of para-hydroxylation sites is 1. The van der Waals surface area contributed by atoms with Gasteiger partial charge >= 0.3 is 0 Å². The number of aryl methyl sites for hydroxylation is 1. The third-order valence-corrected chi connectivity index (χ3v) is 5.96. The van der Waals surface area contributed by atoms with Gasteiger partial charge in [-0.05, 0) is 53.9 Å². The van der Waals surface area contributed by atoms with E-state index in [2.05, 4.69) is 6.92 Å². The van der Waals surface area contributed by atoms with Crippen LogP contribution in [-0.2, 0) is 20.8 Å². The summed E-state index contributed by atoms with van der Waals surface area (Å²) in [4.78, 5) is 34.1. The lowest BCUT2D eigenvalue weighted by molar-refractivity contribution is -0.126. The number of aromatic hydroxyl groups is 1. The molecule has 0 spiro atoms. The Bertz CT molecular complexity index is 1110. The number of fused-ring (bicyclic) bond motifs is 1. The molecule has 6 heteroatoms. The summed E-state index contributed by atoms with van der Waals surface area (Å²) in [6.07, 6.45) is -0.0248. The summed E-state index contributed by atoms with van der Waals surface area (Å²) >= 11 is 0. The van der Waals surface area contributed by atoms with Crippen LogP contribution < -0.4 is 9.96 Å². The Kier molecular flexibility index (Phi) is 4.71. The highest BCUT2D eigenvalue weighted by molar-refractivity contribution is 6.23. The number of hydrogen-bond acceptors (Lipinski definition) is 5.